The van der Waals surface area contributed by atoms with Gasteiger partial charge in [0.15, 0.2) is 0 Å². The van der Waals surface area contributed by atoms with Crippen LogP contribution in [0.3, 0.4) is 0 Å². The van der Waals surface area contributed by atoms with Crippen LogP contribution in [0.25, 0.3) is 0 Å². The Hall–Kier alpha value is -2.18. The zero-order chi connectivity index (χ0) is 12.1. The minimum absolute atomic E-state index is 0.0964. The lowest BCUT2D eigenvalue weighted by Crippen LogP contribution is -2.14. The first kappa shape index (κ1) is 11.9. The number of amides is 1. The molecule has 1 aromatic heterocycles. The van der Waals surface area contributed by atoms with Gasteiger partial charge in [-0.2, -0.15) is 5.10 Å². The van der Waals surface area contributed by atoms with E-state index < -0.39 is 4.92 Å². The molecule has 1 amide bonds. The average molecular weight is 224 g/mol. The lowest BCUT2D eigenvalue weighted by molar-refractivity contribution is -0.384. The minimum atomic E-state index is -0.587. The number of allylic oxidation sites excluding steroid dienone is 1. The number of nitrogens with zero attached hydrogens (tertiary/aromatic N) is 3. The molecule has 1 heterocycles. The van der Waals surface area contributed by atoms with Gasteiger partial charge in [-0.1, -0.05) is 6.08 Å². The number of carbonyl (C=O) groups is 1. The van der Waals surface area contributed by atoms with Crippen LogP contribution in [-0.2, 0) is 11.8 Å². The standard InChI is InChI=1S/C9H12N4O3/c1-3-4-5-8(14)11-9-7(13(15)16)6-10-12(9)2/h3,6H,1,4-5H2,2H3,(H,11,14). The molecule has 0 aromatic carbocycles. The second kappa shape index (κ2) is 5.06. The number of nitro groups is 1. The van der Waals surface area contributed by atoms with Gasteiger partial charge in [-0.05, 0) is 6.42 Å². The van der Waals surface area contributed by atoms with E-state index in [0.717, 1.165) is 6.20 Å². The lowest BCUT2D eigenvalue weighted by atomic mass is 10.3. The Balaban J connectivity index is 2.79. The summed E-state index contributed by atoms with van der Waals surface area (Å²) in [6, 6.07) is 0. The second-order valence-corrected chi connectivity index (χ2v) is 3.13. The summed E-state index contributed by atoms with van der Waals surface area (Å²) >= 11 is 0. The fourth-order valence-corrected chi connectivity index (χ4v) is 1.13. The van der Waals surface area contributed by atoms with E-state index in [1.54, 1.807) is 6.08 Å². The fraction of sp³-hybridized carbons (Fsp3) is 0.333. The summed E-state index contributed by atoms with van der Waals surface area (Å²) in [5.74, 6) is -0.203. The minimum Gasteiger partial charge on any atom is -0.305 e. The maximum atomic E-state index is 11.4. The molecule has 0 fully saturated rings. The number of nitrogens with one attached hydrogen (secondary N) is 1. The van der Waals surface area contributed by atoms with Gasteiger partial charge >= 0.3 is 5.69 Å². The summed E-state index contributed by atoms with van der Waals surface area (Å²) in [7, 11) is 1.52. The molecule has 0 spiro atoms. The third-order valence-electron chi connectivity index (χ3n) is 1.95. The summed E-state index contributed by atoms with van der Waals surface area (Å²) in [6.07, 6.45) is 3.48. The normalized spacial score (nSPS) is 9.81. The van der Waals surface area contributed by atoms with Crippen LogP contribution in [0.4, 0.5) is 11.5 Å². The summed E-state index contributed by atoms with van der Waals surface area (Å²) in [4.78, 5) is 21.4. The lowest BCUT2D eigenvalue weighted by Gasteiger charge is -2.03. The van der Waals surface area contributed by atoms with Crippen molar-refractivity contribution in [2.45, 2.75) is 12.8 Å². The number of hydrogen-bond acceptors (Lipinski definition) is 4. The Bertz CT molecular complexity index is 424. The predicted molar refractivity (Wildman–Crippen MR) is 57.9 cm³/mol. The molecule has 1 rings (SSSR count). The van der Waals surface area contributed by atoms with Gasteiger partial charge in [0.2, 0.25) is 11.7 Å². The maximum Gasteiger partial charge on any atom is 0.331 e. The Morgan fingerprint density at radius 2 is 2.50 bits per heavy atom. The van der Waals surface area contributed by atoms with Crippen LogP contribution < -0.4 is 5.32 Å². The number of aromatic nitrogens is 2. The van der Waals surface area contributed by atoms with Gasteiger partial charge in [0.05, 0.1) is 4.92 Å². The average Bonchev–Trinajstić information content (AvgIpc) is 2.58. The number of rotatable bonds is 5. The molecule has 1 aromatic rings. The fourth-order valence-electron chi connectivity index (χ4n) is 1.13. The SMILES string of the molecule is C=CCCC(=O)Nc1c([N+](=O)[O-])cnn1C. The van der Waals surface area contributed by atoms with Crippen LogP contribution in [0, 0.1) is 10.1 Å². The van der Waals surface area contributed by atoms with Crippen molar-refractivity contribution in [3.8, 4) is 0 Å². The molecule has 0 aliphatic heterocycles. The third-order valence-corrected chi connectivity index (χ3v) is 1.95. The quantitative estimate of drug-likeness (QED) is 0.462. The van der Waals surface area contributed by atoms with Gasteiger partial charge in [-0.15, -0.1) is 6.58 Å². The molecule has 0 saturated carbocycles. The first-order chi connectivity index (χ1) is 7.56. The van der Waals surface area contributed by atoms with Crippen LogP contribution in [0.15, 0.2) is 18.9 Å². The molecule has 16 heavy (non-hydrogen) atoms. The van der Waals surface area contributed by atoms with Crippen molar-refractivity contribution in [1.82, 2.24) is 9.78 Å². The van der Waals surface area contributed by atoms with Crippen molar-refractivity contribution < 1.29 is 9.72 Å². The van der Waals surface area contributed by atoms with Crippen molar-refractivity contribution in [2.24, 2.45) is 7.05 Å². The molecule has 0 radical (unpaired) electrons. The van der Waals surface area contributed by atoms with Crippen molar-refractivity contribution in [3.63, 3.8) is 0 Å². The van der Waals surface area contributed by atoms with Crippen LogP contribution in [0.1, 0.15) is 12.8 Å². The van der Waals surface area contributed by atoms with E-state index >= 15 is 0 Å². The van der Waals surface area contributed by atoms with E-state index in [9.17, 15) is 14.9 Å². The Labute approximate surface area is 91.9 Å². The predicted octanol–water partition coefficient (Wildman–Crippen LogP) is 1.23. The van der Waals surface area contributed by atoms with Gasteiger partial charge in [-0.25, -0.2) is 4.68 Å². The molecule has 7 heteroatoms. The zero-order valence-corrected chi connectivity index (χ0v) is 8.84. The van der Waals surface area contributed by atoms with Gasteiger partial charge in [0.25, 0.3) is 0 Å². The summed E-state index contributed by atoms with van der Waals surface area (Å²) < 4.78 is 1.25. The number of hydrogen-bond donors (Lipinski definition) is 1. The molecule has 7 nitrogen and oxygen atoms in total. The molecular weight excluding hydrogens is 212 g/mol. The molecule has 0 saturated heterocycles. The molecular formula is C9H12N4O3. The highest BCUT2D eigenvalue weighted by atomic mass is 16.6. The van der Waals surface area contributed by atoms with Gasteiger partial charge in [-0.3, -0.25) is 14.9 Å². The number of aryl methyl sites for hydroxylation is 1. The van der Waals surface area contributed by atoms with E-state index in [0.29, 0.717) is 6.42 Å². The van der Waals surface area contributed by atoms with E-state index in [4.69, 9.17) is 0 Å². The highest BCUT2D eigenvalue weighted by Crippen LogP contribution is 2.22. The Morgan fingerprint density at radius 3 is 3.06 bits per heavy atom. The molecule has 0 aliphatic rings. The van der Waals surface area contributed by atoms with Crippen molar-refractivity contribution in [1.29, 1.82) is 0 Å². The first-order valence-electron chi connectivity index (χ1n) is 4.63. The highest BCUT2D eigenvalue weighted by Gasteiger charge is 2.20. The van der Waals surface area contributed by atoms with Crippen LogP contribution in [-0.4, -0.2) is 20.6 Å². The molecule has 1 N–H and O–H groups in total. The monoisotopic (exact) mass is 224 g/mol. The van der Waals surface area contributed by atoms with E-state index in [1.807, 2.05) is 0 Å². The zero-order valence-electron chi connectivity index (χ0n) is 8.84. The first-order valence-corrected chi connectivity index (χ1v) is 4.63. The highest BCUT2D eigenvalue weighted by molar-refractivity contribution is 5.91. The van der Waals surface area contributed by atoms with Crippen LogP contribution in [0.5, 0.6) is 0 Å². The van der Waals surface area contributed by atoms with Gasteiger partial charge in [0, 0.05) is 13.5 Å². The van der Waals surface area contributed by atoms with Crippen LogP contribution in [0.2, 0.25) is 0 Å². The molecule has 0 atom stereocenters. The Kier molecular flexibility index (Phi) is 3.76. The number of carbonyl (C=O) groups excluding carboxylic acids is 1. The number of anilines is 1. The van der Waals surface area contributed by atoms with Crippen molar-refractivity contribution >= 4 is 17.4 Å². The summed E-state index contributed by atoms with van der Waals surface area (Å²) in [5, 5.41) is 16.8. The molecule has 86 valence electrons. The maximum absolute atomic E-state index is 11.4. The molecule has 0 unspecified atom stereocenters. The summed E-state index contributed by atoms with van der Waals surface area (Å²) in [6.45, 7) is 3.49. The van der Waals surface area contributed by atoms with E-state index in [1.165, 1.54) is 11.7 Å². The molecule has 0 aliphatic carbocycles. The third kappa shape index (κ3) is 2.66. The van der Waals surface area contributed by atoms with Crippen molar-refractivity contribution in [2.75, 3.05) is 5.32 Å². The molecule has 0 bridgehead atoms. The topological polar surface area (TPSA) is 90.1 Å². The smallest absolute Gasteiger partial charge is 0.305 e. The van der Waals surface area contributed by atoms with Gasteiger partial charge in [0.1, 0.15) is 6.20 Å². The Morgan fingerprint density at radius 1 is 1.81 bits per heavy atom. The summed E-state index contributed by atoms with van der Waals surface area (Å²) in [5.41, 5.74) is -0.213. The second-order valence-electron chi connectivity index (χ2n) is 3.13. The van der Waals surface area contributed by atoms with E-state index in [-0.39, 0.29) is 23.8 Å². The van der Waals surface area contributed by atoms with Crippen LogP contribution >= 0.6 is 0 Å². The van der Waals surface area contributed by atoms with Crippen molar-refractivity contribution in [3.05, 3.63) is 29.0 Å². The largest absolute Gasteiger partial charge is 0.331 e. The van der Waals surface area contributed by atoms with E-state index in [2.05, 4.69) is 17.0 Å². The van der Waals surface area contributed by atoms with Gasteiger partial charge < -0.3 is 5.32 Å².